The maximum absolute atomic E-state index is 12.7. The van der Waals surface area contributed by atoms with Crippen LogP contribution in [0.25, 0.3) is 0 Å². The first kappa shape index (κ1) is 13.4. The summed E-state index contributed by atoms with van der Waals surface area (Å²) in [7, 11) is 0. The number of carbonyl (C=O) groups excluding carboxylic acids is 1. The van der Waals surface area contributed by atoms with E-state index in [2.05, 4.69) is 21.2 Å². The van der Waals surface area contributed by atoms with Crippen LogP contribution in [-0.2, 0) is 11.0 Å². The highest BCUT2D eigenvalue weighted by Crippen LogP contribution is 2.39. The number of hydrogen-bond acceptors (Lipinski definition) is 1. The van der Waals surface area contributed by atoms with Crippen LogP contribution in [0.4, 0.5) is 18.9 Å². The molecular formula is C12H11BrF3NO. The number of anilines is 1. The molecule has 1 N–H and O–H groups in total. The van der Waals surface area contributed by atoms with Gasteiger partial charge in [0.2, 0.25) is 5.91 Å². The lowest BCUT2D eigenvalue weighted by molar-refractivity contribution is -0.138. The van der Waals surface area contributed by atoms with Gasteiger partial charge in [0.15, 0.2) is 0 Å². The summed E-state index contributed by atoms with van der Waals surface area (Å²) < 4.78 is 37.9. The van der Waals surface area contributed by atoms with Crippen LogP contribution in [0.3, 0.4) is 0 Å². The monoisotopic (exact) mass is 321 g/mol. The Balaban J connectivity index is 2.17. The molecule has 0 spiro atoms. The minimum Gasteiger partial charge on any atom is -0.326 e. The maximum atomic E-state index is 12.7. The summed E-state index contributed by atoms with van der Waals surface area (Å²) in [4.78, 5) is 11.6. The minimum atomic E-state index is -4.44. The number of alkyl halides is 3. The van der Waals surface area contributed by atoms with Crippen molar-refractivity contribution in [2.75, 3.05) is 5.32 Å². The van der Waals surface area contributed by atoms with E-state index in [0.29, 0.717) is 5.92 Å². The molecule has 1 aliphatic carbocycles. The number of rotatable bonds is 2. The van der Waals surface area contributed by atoms with Gasteiger partial charge in [-0.05, 0) is 30.5 Å². The number of nitrogens with one attached hydrogen (secondary N) is 1. The molecule has 1 fully saturated rings. The van der Waals surface area contributed by atoms with Gasteiger partial charge in [0, 0.05) is 16.1 Å². The van der Waals surface area contributed by atoms with Gasteiger partial charge in [-0.25, -0.2) is 0 Å². The Morgan fingerprint density at radius 2 is 2.06 bits per heavy atom. The largest absolute Gasteiger partial charge is 0.417 e. The Morgan fingerprint density at radius 1 is 1.44 bits per heavy atom. The summed E-state index contributed by atoms with van der Waals surface area (Å²) in [5, 5.41) is 2.51. The molecule has 1 aromatic rings. The quantitative estimate of drug-likeness (QED) is 0.874. The Morgan fingerprint density at radius 3 is 2.56 bits per heavy atom. The van der Waals surface area contributed by atoms with E-state index in [4.69, 9.17) is 0 Å². The zero-order chi connectivity index (χ0) is 13.5. The summed E-state index contributed by atoms with van der Waals surface area (Å²) in [5.74, 6) is 0.0449. The molecule has 0 aromatic heterocycles. The highest BCUT2D eigenvalue weighted by molar-refractivity contribution is 9.10. The Hall–Kier alpha value is -1.04. The fourth-order valence-electron chi connectivity index (χ4n) is 1.74. The first-order valence-electron chi connectivity index (χ1n) is 5.46. The zero-order valence-electron chi connectivity index (χ0n) is 9.51. The molecule has 2 rings (SSSR count). The van der Waals surface area contributed by atoms with Crippen molar-refractivity contribution in [2.45, 2.75) is 19.5 Å². The van der Waals surface area contributed by atoms with Crippen LogP contribution in [0.1, 0.15) is 18.9 Å². The lowest BCUT2D eigenvalue weighted by atomic mass is 10.2. The standard InChI is InChI=1S/C12H11BrF3NO/c1-6-4-8(6)11(18)17-7-2-3-10(13)9(5-7)12(14,15)16/h2-3,5-6,8H,4H2,1H3,(H,17,18)/t6-,8-/m0/s1. The average Bonchev–Trinajstić information content (AvgIpc) is 2.97. The van der Waals surface area contributed by atoms with E-state index in [-0.39, 0.29) is 22.0 Å². The molecule has 1 amide bonds. The molecule has 1 aliphatic rings. The smallest absolute Gasteiger partial charge is 0.326 e. The number of benzene rings is 1. The van der Waals surface area contributed by atoms with Crippen molar-refractivity contribution in [2.24, 2.45) is 11.8 Å². The third-order valence-corrected chi connectivity index (χ3v) is 3.68. The van der Waals surface area contributed by atoms with Gasteiger partial charge in [-0.3, -0.25) is 4.79 Å². The molecule has 0 unspecified atom stereocenters. The first-order chi connectivity index (χ1) is 8.29. The lowest BCUT2D eigenvalue weighted by Crippen LogP contribution is -2.15. The molecule has 0 aliphatic heterocycles. The summed E-state index contributed by atoms with van der Waals surface area (Å²) in [6, 6.07) is 3.67. The van der Waals surface area contributed by atoms with Crippen LogP contribution in [0.2, 0.25) is 0 Å². The third-order valence-electron chi connectivity index (χ3n) is 2.99. The van der Waals surface area contributed by atoms with Crippen LogP contribution >= 0.6 is 15.9 Å². The van der Waals surface area contributed by atoms with Gasteiger partial charge < -0.3 is 5.32 Å². The van der Waals surface area contributed by atoms with Gasteiger partial charge in [0.25, 0.3) is 0 Å². The average molecular weight is 322 g/mol. The molecule has 2 atom stereocenters. The highest BCUT2D eigenvalue weighted by atomic mass is 79.9. The topological polar surface area (TPSA) is 29.1 Å². The Kier molecular flexibility index (Phi) is 3.40. The number of carbonyl (C=O) groups is 1. The maximum Gasteiger partial charge on any atom is 0.417 e. The molecule has 1 aromatic carbocycles. The van der Waals surface area contributed by atoms with Crippen molar-refractivity contribution in [3.63, 3.8) is 0 Å². The first-order valence-corrected chi connectivity index (χ1v) is 6.26. The van der Waals surface area contributed by atoms with Crippen molar-refractivity contribution in [1.29, 1.82) is 0 Å². The predicted octanol–water partition coefficient (Wildman–Crippen LogP) is 4.06. The summed E-state index contributed by atoms with van der Waals surface area (Å²) in [6.45, 7) is 1.94. The normalized spacial score (nSPS) is 22.7. The SMILES string of the molecule is C[C@H]1C[C@@H]1C(=O)Nc1ccc(Br)c(C(F)(F)F)c1. The van der Waals surface area contributed by atoms with E-state index >= 15 is 0 Å². The van der Waals surface area contributed by atoms with Gasteiger partial charge in [0.05, 0.1) is 5.56 Å². The number of halogens is 4. The van der Waals surface area contributed by atoms with Crippen molar-refractivity contribution < 1.29 is 18.0 Å². The van der Waals surface area contributed by atoms with E-state index < -0.39 is 11.7 Å². The molecule has 0 radical (unpaired) electrons. The second-order valence-corrected chi connectivity index (χ2v) is 5.36. The van der Waals surface area contributed by atoms with Gasteiger partial charge >= 0.3 is 6.18 Å². The van der Waals surface area contributed by atoms with E-state index in [1.807, 2.05) is 6.92 Å². The fraction of sp³-hybridized carbons (Fsp3) is 0.417. The molecule has 0 bridgehead atoms. The molecule has 2 nitrogen and oxygen atoms in total. The number of amides is 1. The van der Waals surface area contributed by atoms with Crippen molar-refractivity contribution in [3.05, 3.63) is 28.2 Å². The second kappa shape index (κ2) is 4.57. The molecule has 98 valence electrons. The van der Waals surface area contributed by atoms with E-state index in [1.54, 1.807) is 0 Å². The van der Waals surface area contributed by atoms with Crippen molar-refractivity contribution in [1.82, 2.24) is 0 Å². The molecule has 6 heteroatoms. The highest BCUT2D eigenvalue weighted by Gasteiger charge is 2.39. The van der Waals surface area contributed by atoms with Gasteiger partial charge in [-0.2, -0.15) is 13.2 Å². The van der Waals surface area contributed by atoms with E-state index in [1.165, 1.54) is 12.1 Å². The lowest BCUT2D eigenvalue weighted by Gasteiger charge is -2.11. The van der Waals surface area contributed by atoms with Crippen LogP contribution in [-0.4, -0.2) is 5.91 Å². The molecule has 18 heavy (non-hydrogen) atoms. The fourth-order valence-corrected chi connectivity index (χ4v) is 2.21. The molecule has 0 saturated heterocycles. The Bertz CT molecular complexity index is 487. The molecule has 0 heterocycles. The predicted molar refractivity (Wildman–Crippen MR) is 65.0 cm³/mol. The van der Waals surface area contributed by atoms with E-state index in [0.717, 1.165) is 12.5 Å². The van der Waals surface area contributed by atoms with Gasteiger partial charge in [-0.1, -0.05) is 22.9 Å². The van der Waals surface area contributed by atoms with Crippen LogP contribution < -0.4 is 5.32 Å². The summed E-state index contributed by atoms with van der Waals surface area (Å²) in [5.41, 5.74) is -0.612. The van der Waals surface area contributed by atoms with Crippen molar-refractivity contribution >= 4 is 27.5 Å². The summed E-state index contributed by atoms with van der Waals surface area (Å²) in [6.07, 6.45) is -3.64. The van der Waals surface area contributed by atoms with Crippen molar-refractivity contribution in [3.8, 4) is 0 Å². The third kappa shape index (κ3) is 2.85. The number of hydrogen-bond donors (Lipinski definition) is 1. The molecule has 1 saturated carbocycles. The Labute approximate surface area is 111 Å². The zero-order valence-corrected chi connectivity index (χ0v) is 11.1. The van der Waals surface area contributed by atoms with Crippen LogP contribution in [0.15, 0.2) is 22.7 Å². The van der Waals surface area contributed by atoms with Crippen LogP contribution in [0.5, 0.6) is 0 Å². The second-order valence-electron chi connectivity index (χ2n) is 4.50. The molecular weight excluding hydrogens is 311 g/mol. The van der Waals surface area contributed by atoms with Gasteiger partial charge in [0.1, 0.15) is 0 Å². The van der Waals surface area contributed by atoms with E-state index in [9.17, 15) is 18.0 Å². The van der Waals surface area contributed by atoms with Gasteiger partial charge in [-0.15, -0.1) is 0 Å². The summed E-state index contributed by atoms with van der Waals surface area (Å²) >= 11 is 2.85. The minimum absolute atomic E-state index is 0.0345. The van der Waals surface area contributed by atoms with Crippen LogP contribution in [0, 0.1) is 11.8 Å².